The molecule has 1 aliphatic carbocycles. The Hall–Kier alpha value is -3.52. The molecule has 9 heteroatoms. The Morgan fingerprint density at radius 1 is 0.925 bits per heavy atom. The van der Waals surface area contributed by atoms with Gasteiger partial charge in [0.25, 0.3) is 5.91 Å². The van der Waals surface area contributed by atoms with E-state index in [0.29, 0.717) is 40.2 Å². The normalized spacial score (nSPS) is 17.5. The second-order valence-corrected chi connectivity index (χ2v) is 10.6. The molecule has 0 heterocycles. The number of amides is 1. The van der Waals surface area contributed by atoms with Crippen LogP contribution in [-0.4, -0.2) is 49.9 Å². The zero-order valence-electron chi connectivity index (χ0n) is 22.0. The molecule has 0 atom stereocenters. The molecule has 0 unspecified atom stereocenters. The molecule has 0 aliphatic heterocycles. The predicted molar refractivity (Wildman–Crippen MR) is 155 cm³/mol. The number of rotatable bonds is 8. The van der Waals surface area contributed by atoms with Crippen LogP contribution in [0.3, 0.4) is 0 Å². The maximum atomic E-state index is 14.1. The number of benzene rings is 3. The minimum atomic E-state index is -0.606. The van der Waals surface area contributed by atoms with E-state index < -0.39 is 17.7 Å². The summed E-state index contributed by atoms with van der Waals surface area (Å²) >= 11 is 11.6. The Balaban J connectivity index is 1.57. The Morgan fingerprint density at radius 2 is 1.45 bits per heavy atom. The van der Waals surface area contributed by atoms with Gasteiger partial charge in [-0.25, -0.2) is 8.78 Å². The first-order valence-electron chi connectivity index (χ1n) is 12.6. The molecule has 1 saturated carbocycles. The highest BCUT2D eigenvalue weighted by atomic mass is 35.5. The molecule has 3 aromatic carbocycles. The summed E-state index contributed by atoms with van der Waals surface area (Å²) in [5.41, 5.74) is 2.11. The summed E-state index contributed by atoms with van der Waals surface area (Å²) in [6, 6.07) is 14.9. The molecule has 0 radical (unpaired) electrons. The Kier molecular flexibility index (Phi) is 9.74. The first-order valence-corrected chi connectivity index (χ1v) is 13.4. The van der Waals surface area contributed by atoms with E-state index in [1.54, 1.807) is 48.6 Å². The van der Waals surface area contributed by atoms with Crippen molar-refractivity contribution in [2.75, 3.05) is 27.2 Å². The zero-order valence-corrected chi connectivity index (χ0v) is 23.5. The van der Waals surface area contributed by atoms with Gasteiger partial charge in [-0.1, -0.05) is 35.3 Å². The van der Waals surface area contributed by atoms with Gasteiger partial charge in [-0.05, 0) is 98.7 Å². The molecule has 1 aliphatic rings. The van der Waals surface area contributed by atoms with Gasteiger partial charge in [-0.2, -0.15) is 0 Å². The van der Waals surface area contributed by atoms with E-state index in [9.17, 15) is 18.4 Å². The van der Waals surface area contributed by atoms with Crippen molar-refractivity contribution in [1.29, 1.82) is 0 Å². The molecule has 5 nitrogen and oxygen atoms in total. The van der Waals surface area contributed by atoms with Crippen molar-refractivity contribution in [3.63, 3.8) is 0 Å². The molecule has 40 heavy (non-hydrogen) atoms. The second-order valence-electron chi connectivity index (χ2n) is 9.77. The van der Waals surface area contributed by atoms with Gasteiger partial charge in [0.15, 0.2) is 5.78 Å². The summed E-state index contributed by atoms with van der Waals surface area (Å²) < 4.78 is 33.8. The third-order valence-electron chi connectivity index (χ3n) is 6.34. The highest BCUT2D eigenvalue weighted by molar-refractivity contribution is 6.31. The number of ketones is 1. The van der Waals surface area contributed by atoms with Gasteiger partial charge in [0.05, 0.1) is 10.0 Å². The number of likely N-dealkylation sites (N-methyl/N-ethyl adjacent to an activating group) is 1. The molecule has 0 spiro atoms. The number of Topliss-reactive ketones (excluding diaryl/α,β-unsaturated/α-hetero) is 1. The molecule has 1 fully saturated rings. The molecular formula is C31H28Cl2F2N2O3. The maximum Gasteiger partial charge on any atom is 0.251 e. The quantitative estimate of drug-likeness (QED) is 0.294. The van der Waals surface area contributed by atoms with Crippen LogP contribution in [0.4, 0.5) is 8.78 Å². The van der Waals surface area contributed by atoms with E-state index in [1.807, 2.05) is 19.0 Å². The van der Waals surface area contributed by atoms with Crippen LogP contribution in [0.1, 0.15) is 34.3 Å². The van der Waals surface area contributed by atoms with Crippen LogP contribution in [0.25, 0.3) is 12.2 Å². The lowest BCUT2D eigenvalue weighted by Gasteiger charge is -2.27. The fraction of sp³-hybridized carbons (Fsp3) is 0.226. The number of hydrogen-bond acceptors (Lipinski definition) is 4. The first kappa shape index (κ1) is 29.5. The smallest absolute Gasteiger partial charge is 0.251 e. The summed E-state index contributed by atoms with van der Waals surface area (Å²) in [6.07, 6.45) is 3.62. The molecule has 3 aromatic rings. The van der Waals surface area contributed by atoms with Crippen molar-refractivity contribution in [3.8, 4) is 5.75 Å². The summed E-state index contributed by atoms with van der Waals surface area (Å²) in [5.74, 6) is -1.14. The van der Waals surface area contributed by atoms with Gasteiger partial charge in [0.1, 0.15) is 24.0 Å². The molecule has 1 amide bonds. The van der Waals surface area contributed by atoms with Crippen LogP contribution in [0.15, 0.2) is 71.8 Å². The summed E-state index contributed by atoms with van der Waals surface area (Å²) in [4.78, 5) is 28.5. The summed E-state index contributed by atoms with van der Waals surface area (Å²) in [5, 5.41) is 2.94. The van der Waals surface area contributed by atoms with E-state index in [0.717, 1.165) is 6.54 Å². The third-order valence-corrected chi connectivity index (χ3v) is 6.96. The minimum Gasteiger partial charge on any atom is -0.492 e. The zero-order chi connectivity index (χ0) is 28.8. The van der Waals surface area contributed by atoms with Crippen molar-refractivity contribution < 1.29 is 23.1 Å². The average molecular weight is 585 g/mol. The van der Waals surface area contributed by atoms with Crippen molar-refractivity contribution in [1.82, 2.24) is 10.2 Å². The molecule has 0 bridgehead atoms. The van der Waals surface area contributed by atoms with E-state index in [1.165, 1.54) is 24.3 Å². The van der Waals surface area contributed by atoms with E-state index in [2.05, 4.69) is 5.32 Å². The van der Waals surface area contributed by atoms with Crippen LogP contribution in [0.5, 0.6) is 5.75 Å². The third kappa shape index (κ3) is 7.78. The molecule has 0 aromatic heterocycles. The highest BCUT2D eigenvalue weighted by Gasteiger charge is 2.29. The number of nitrogens with zero attached hydrogens (tertiary/aromatic N) is 1. The van der Waals surface area contributed by atoms with Gasteiger partial charge in [0, 0.05) is 29.3 Å². The number of ether oxygens (including phenoxy) is 1. The standard InChI is InChI=1S/C31H28Cl2F2N2O3/c1-37(2)11-12-40-25-7-5-21(6-8-25)31(39)36-24-17-22(13-19-3-9-26(32)28(34)15-19)30(38)23(18-24)14-20-4-10-27(33)29(35)16-20/h3-10,13-16,24H,11-12,17-18H2,1-2H3,(H,36,39)/b22-13+,23-14+. The van der Waals surface area contributed by atoms with E-state index in [-0.39, 0.29) is 34.6 Å². The fourth-order valence-corrected chi connectivity index (χ4v) is 4.50. The van der Waals surface area contributed by atoms with Crippen molar-refractivity contribution in [2.24, 2.45) is 0 Å². The Bertz CT molecular complexity index is 1400. The lowest BCUT2D eigenvalue weighted by Crippen LogP contribution is -2.39. The maximum absolute atomic E-state index is 14.1. The number of halogens is 4. The second kappa shape index (κ2) is 13.2. The van der Waals surface area contributed by atoms with Crippen molar-refractivity contribution in [2.45, 2.75) is 18.9 Å². The van der Waals surface area contributed by atoms with E-state index >= 15 is 0 Å². The van der Waals surface area contributed by atoms with Gasteiger partial charge in [-0.15, -0.1) is 0 Å². The van der Waals surface area contributed by atoms with Crippen LogP contribution >= 0.6 is 23.2 Å². The van der Waals surface area contributed by atoms with Crippen LogP contribution in [0, 0.1) is 11.6 Å². The number of nitrogens with one attached hydrogen (secondary N) is 1. The molecule has 4 rings (SSSR count). The van der Waals surface area contributed by atoms with Gasteiger partial charge in [0.2, 0.25) is 0 Å². The number of hydrogen-bond donors (Lipinski definition) is 1. The topological polar surface area (TPSA) is 58.6 Å². The minimum absolute atomic E-state index is 0.0262. The van der Waals surface area contributed by atoms with Crippen molar-refractivity contribution in [3.05, 3.63) is 110 Å². The van der Waals surface area contributed by atoms with Gasteiger partial charge in [-0.3, -0.25) is 9.59 Å². The molecule has 1 N–H and O–H groups in total. The highest BCUT2D eigenvalue weighted by Crippen LogP contribution is 2.30. The average Bonchev–Trinajstić information content (AvgIpc) is 2.91. The summed E-state index contributed by atoms with van der Waals surface area (Å²) in [6.45, 7) is 1.29. The fourth-order valence-electron chi connectivity index (χ4n) is 4.27. The van der Waals surface area contributed by atoms with Gasteiger partial charge < -0.3 is 15.0 Å². The molecule has 0 saturated heterocycles. The van der Waals surface area contributed by atoms with Crippen LogP contribution in [-0.2, 0) is 4.79 Å². The first-order chi connectivity index (χ1) is 19.1. The monoisotopic (exact) mass is 584 g/mol. The predicted octanol–water partition coefficient (Wildman–Crippen LogP) is 6.84. The van der Waals surface area contributed by atoms with E-state index in [4.69, 9.17) is 27.9 Å². The van der Waals surface area contributed by atoms with Crippen LogP contribution in [0.2, 0.25) is 10.0 Å². The number of carbonyl (C=O) groups excluding carboxylic acids is 2. The lowest BCUT2D eigenvalue weighted by atomic mass is 9.83. The largest absolute Gasteiger partial charge is 0.492 e. The Labute approximate surface area is 242 Å². The van der Waals surface area contributed by atoms with Crippen molar-refractivity contribution >= 4 is 47.0 Å². The molecular weight excluding hydrogens is 557 g/mol. The lowest BCUT2D eigenvalue weighted by molar-refractivity contribution is -0.113. The Morgan fingerprint density at radius 3 is 1.93 bits per heavy atom. The van der Waals surface area contributed by atoms with Crippen LogP contribution < -0.4 is 10.1 Å². The number of carbonyl (C=O) groups is 2. The molecule has 208 valence electrons. The SMILES string of the molecule is CN(C)CCOc1ccc(C(=O)NC2C/C(=C\c3ccc(Cl)c(F)c3)C(=O)/C(=C/c3ccc(Cl)c(F)c3)C2)cc1. The summed E-state index contributed by atoms with van der Waals surface area (Å²) in [7, 11) is 3.91. The van der Waals surface area contributed by atoms with Gasteiger partial charge >= 0.3 is 0 Å².